The highest BCUT2D eigenvalue weighted by Crippen LogP contribution is 2.29. The number of amides is 1. The molecule has 0 aromatic carbocycles. The maximum absolute atomic E-state index is 11.9. The van der Waals surface area contributed by atoms with E-state index >= 15 is 0 Å². The average Bonchev–Trinajstić information content (AvgIpc) is 3.04. The van der Waals surface area contributed by atoms with Gasteiger partial charge in [-0.25, -0.2) is 0 Å². The van der Waals surface area contributed by atoms with E-state index in [2.05, 4.69) is 26.1 Å². The van der Waals surface area contributed by atoms with Crippen LogP contribution in [0.2, 0.25) is 0 Å². The Bertz CT molecular complexity index is 212. The topological polar surface area (TPSA) is 32.3 Å². The van der Waals surface area contributed by atoms with Gasteiger partial charge < -0.3 is 10.2 Å². The second-order valence-electron chi connectivity index (χ2n) is 5.09. The van der Waals surface area contributed by atoms with Crippen molar-refractivity contribution in [2.75, 3.05) is 19.6 Å². The summed E-state index contributed by atoms with van der Waals surface area (Å²) in [4.78, 5) is 13.9. The number of hydrogen-bond donors (Lipinski definition) is 1. The van der Waals surface area contributed by atoms with Crippen molar-refractivity contribution in [1.29, 1.82) is 0 Å². The molecule has 0 unspecified atom stereocenters. The van der Waals surface area contributed by atoms with Crippen LogP contribution in [-0.4, -0.2) is 36.5 Å². The van der Waals surface area contributed by atoms with Crippen LogP contribution in [0.4, 0.5) is 0 Å². The molecule has 0 atom stereocenters. The van der Waals surface area contributed by atoms with E-state index in [4.69, 9.17) is 0 Å². The van der Waals surface area contributed by atoms with Crippen LogP contribution in [0, 0.1) is 5.92 Å². The molecule has 94 valence electrons. The van der Waals surface area contributed by atoms with E-state index in [0.29, 0.717) is 18.4 Å². The first kappa shape index (κ1) is 13.5. The lowest BCUT2D eigenvalue weighted by Crippen LogP contribution is -2.33. The van der Waals surface area contributed by atoms with Crippen molar-refractivity contribution in [3.63, 3.8) is 0 Å². The van der Waals surface area contributed by atoms with Crippen molar-refractivity contribution < 1.29 is 4.79 Å². The molecule has 3 heteroatoms. The van der Waals surface area contributed by atoms with Crippen LogP contribution < -0.4 is 5.32 Å². The van der Waals surface area contributed by atoms with Gasteiger partial charge >= 0.3 is 0 Å². The molecule has 1 saturated carbocycles. The van der Waals surface area contributed by atoms with E-state index in [1.54, 1.807) is 0 Å². The van der Waals surface area contributed by atoms with E-state index in [0.717, 1.165) is 32.0 Å². The van der Waals surface area contributed by atoms with Crippen molar-refractivity contribution in [3.8, 4) is 0 Å². The van der Waals surface area contributed by atoms with Gasteiger partial charge in [-0.3, -0.25) is 4.79 Å². The second-order valence-corrected chi connectivity index (χ2v) is 5.09. The Kier molecular flexibility index (Phi) is 5.81. The molecule has 16 heavy (non-hydrogen) atoms. The van der Waals surface area contributed by atoms with Crippen molar-refractivity contribution in [3.05, 3.63) is 0 Å². The van der Waals surface area contributed by atoms with Gasteiger partial charge in [-0.2, -0.15) is 0 Å². The number of rotatable bonds is 8. The smallest absolute Gasteiger partial charge is 0.222 e. The third kappa shape index (κ3) is 5.50. The van der Waals surface area contributed by atoms with Crippen LogP contribution >= 0.6 is 0 Å². The Labute approximate surface area is 99.6 Å². The minimum Gasteiger partial charge on any atom is -0.343 e. The van der Waals surface area contributed by atoms with Crippen LogP contribution in [0.5, 0.6) is 0 Å². The molecule has 1 aliphatic rings. The summed E-state index contributed by atoms with van der Waals surface area (Å²) >= 11 is 0. The summed E-state index contributed by atoms with van der Waals surface area (Å²) in [7, 11) is 0. The van der Waals surface area contributed by atoms with E-state index in [-0.39, 0.29) is 0 Å². The molecule has 1 amide bonds. The predicted molar refractivity (Wildman–Crippen MR) is 67.4 cm³/mol. The molecular formula is C13H26N2O. The Morgan fingerprint density at radius 2 is 2.12 bits per heavy atom. The summed E-state index contributed by atoms with van der Waals surface area (Å²) in [5.41, 5.74) is 0. The molecule has 0 aliphatic heterocycles. The maximum atomic E-state index is 11.9. The van der Waals surface area contributed by atoms with E-state index in [1.807, 2.05) is 4.90 Å². The van der Waals surface area contributed by atoms with Crippen molar-refractivity contribution in [1.82, 2.24) is 10.2 Å². The number of carbonyl (C=O) groups excluding carboxylic acids is 1. The van der Waals surface area contributed by atoms with Gasteiger partial charge in [0.05, 0.1) is 0 Å². The molecule has 0 saturated heterocycles. The second kappa shape index (κ2) is 6.89. The van der Waals surface area contributed by atoms with Crippen molar-refractivity contribution >= 4 is 5.91 Å². The molecule has 1 rings (SSSR count). The maximum Gasteiger partial charge on any atom is 0.222 e. The Morgan fingerprint density at radius 1 is 1.44 bits per heavy atom. The first-order valence-electron chi connectivity index (χ1n) is 6.64. The lowest BCUT2D eigenvalue weighted by molar-refractivity contribution is -0.131. The van der Waals surface area contributed by atoms with Crippen LogP contribution in [0.3, 0.4) is 0 Å². The zero-order valence-electron chi connectivity index (χ0n) is 11.0. The molecule has 0 aromatic heterocycles. The Hall–Kier alpha value is -0.570. The molecule has 0 heterocycles. The predicted octanol–water partition coefficient (Wildman–Crippen LogP) is 2.02. The third-order valence-electron chi connectivity index (χ3n) is 3.03. The summed E-state index contributed by atoms with van der Waals surface area (Å²) in [5.74, 6) is 1.14. The highest BCUT2D eigenvalue weighted by Gasteiger charge is 2.25. The average molecular weight is 226 g/mol. The van der Waals surface area contributed by atoms with Gasteiger partial charge in [0.1, 0.15) is 0 Å². The van der Waals surface area contributed by atoms with E-state index in [9.17, 15) is 4.79 Å². The van der Waals surface area contributed by atoms with Crippen molar-refractivity contribution in [2.24, 2.45) is 5.92 Å². The van der Waals surface area contributed by atoms with Crippen LogP contribution in [0.25, 0.3) is 0 Å². The summed E-state index contributed by atoms with van der Waals surface area (Å²) in [6, 6.07) is 0.517. The lowest BCUT2D eigenvalue weighted by Gasteiger charge is -2.20. The zero-order valence-corrected chi connectivity index (χ0v) is 11.0. The van der Waals surface area contributed by atoms with Gasteiger partial charge in [-0.15, -0.1) is 0 Å². The normalized spacial score (nSPS) is 15.5. The van der Waals surface area contributed by atoms with Crippen molar-refractivity contribution in [2.45, 2.75) is 52.5 Å². The number of carbonyl (C=O) groups is 1. The lowest BCUT2D eigenvalue weighted by atomic mass is 10.2. The number of hydrogen-bond acceptors (Lipinski definition) is 2. The monoisotopic (exact) mass is 226 g/mol. The molecule has 0 spiro atoms. The molecule has 0 bridgehead atoms. The zero-order chi connectivity index (χ0) is 12.0. The highest BCUT2D eigenvalue weighted by atomic mass is 16.2. The largest absolute Gasteiger partial charge is 0.343 e. The summed E-state index contributed by atoms with van der Waals surface area (Å²) in [5, 5.41) is 3.34. The minimum atomic E-state index is 0.333. The van der Waals surface area contributed by atoms with E-state index < -0.39 is 0 Å². The molecule has 3 nitrogen and oxygen atoms in total. The molecule has 1 aliphatic carbocycles. The van der Waals surface area contributed by atoms with Gasteiger partial charge in [0.2, 0.25) is 5.91 Å². The van der Waals surface area contributed by atoms with Gasteiger partial charge in [-0.05, 0) is 38.6 Å². The molecule has 0 radical (unpaired) electrons. The molecule has 1 N–H and O–H groups in total. The summed E-state index contributed by atoms with van der Waals surface area (Å²) in [6.45, 7) is 9.15. The Balaban J connectivity index is 2.10. The highest BCUT2D eigenvalue weighted by molar-refractivity contribution is 5.76. The Morgan fingerprint density at radius 3 is 2.62 bits per heavy atom. The van der Waals surface area contributed by atoms with Crippen LogP contribution in [-0.2, 0) is 4.79 Å². The quantitative estimate of drug-likeness (QED) is 0.642. The van der Waals surface area contributed by atoms with Crippen LogP contribution in [0.15, 0.2) is 0 Å². The van der Waals surface area contributed by atoms with Gasteiger partial charge in [-0.1, -0.05) is 13.8 Å². The van der Waals surface area contributed by atoms with Crippen LogP contribution in [0.1, 0.15) is 46.5 Å². The minimum absolute atomic E-state index is 0.333. The first-order valence-corrected chi connectivity index (χ1v) is 6.64. The third-order valence-corrected chi connectivity index (χ3v) is 3.03. The molecular weight excluding hydrogens is 200 g/mol. The SMILES string of the molecule is CCN(CC1CC1)C(=O)CCCNC(C)C. The van der Waals surface area contributed by atoms with Gasteiger partial charge in [0, 0.05) is 25.6 Å². The molecule has 1 fully saturated rings. The summed E-state index contributed by atoms with van der Waals surface area (Å²) < 4.78 is 0. The fourth-order valence-corrected chi connectivity index (χ4v) is 1.81. The van der Waals surface area contributed by atoms with Gasteiger partial charge in [0.25, 0.3) is 0 Å². The number of nitrogens with one attached hydrogen (secondary N) is 1. The summed E-state index contributed by atoms with van der Waals surface area (Å²) in [6.07, 6.45) is 4.29. The number of nitrogens with zero attached hydrogens (tertiary/aromatic N) is 1. The molecule has 0 aromatic rings. The fourth-order valence-electron chi connectivity index (χ4n) is 1.81. The fraction of sp³-hybridized carbons (Fsp3) is 0.923. The first-order chi connectivity index (χ1) is 7.63. The standard InChI is InChI=1S/C13H26N2O/c1-4-15(10-12-7-8-12)13(16)6-5-9-14-11(2)3/h11-12,14H,4-10H2,1-3H3. The van der Waals surface area contributed by atoms with Gasteiger partial charge in [0.15, 0.2) is 0 Å². The van der Waals surface area contributed by atoms with E-state index in [1.165, 1.54) is 12.8 Å².